The molecule has 0 heterocycles. The summed E-state index contributed by atoms with van der Waals surface area (Å²) in [6, 6.07) is 23.3. The monoisotopic (exact) mass is 399 g/mol. The van der Waals surface area contributed by atoms with Crippen molar-refractivity contribution in [1.29, 1.82) is 5.26 Å². The van der Waals surface area contributed by atoms with E-state index in [9.17, 15) is 14.9 Å². The highest BCUT2D eigenvalue weighted by Gasteiger charge is 2.15. The van der Waals surface area contributed by atoms with Gasteiger partial charge in [0.05, 0.1) is 11.6 Å². The fourth-order valence-corrected chi connectivity index (χ4v) is 2.96. The van der Waals surface area contributed by atoms with Crippen LogP contribution >= 0.6 is 0 Å². The van der Waals surface area contributed by atoms with Gasteiger partial charge in [-0.1, -0.05) is 36.4 Å². The molecule has 3 aromatic carbocycles. The molecule has 30 heavy (non-hydrogen) atoms. The zero-order valence-electron chi connectivity index (χ0n) is 16.5. The smallest absolute Gasteiger partial charge is 0.257 e. The van der Waals surface area contributed by atoms with Gasteiger partial charge in [0.1, 0.15) is 5.75 Å². The largest absolute Gasteiger partial charge is 0.484 e. The summed E-state index contributed by atoms with van der Waals surface area (Å²) in [5.74, 6) is 0.0565. The quantitative estimate of drug-likeness (QED) is 0.628. The predicted molar refractivity (Wildman–Crippen MR) is 115 cm³/mol. The van der Waals surface area contributed by atoms with Crippen molar-refractivity contribution >= 4 is 17.5 Å². The number of anilines is 1. The lowest BCUT2D eigenvalue weighted by atomic mass is 9.95. The average Bonchev–Trinajstić information content (AvgIpc) is 2.78. The highest BCUT2D eigenvalue weighted by molar-refractivity contribution is 6.09. The van der Waals surface area contributed by atoms with E-state index in [0.717, 1.165) is 0 Å². The van der Waals surface area contributed by atoms with E-state index < -0.39 is 0 Å². The topological polar surface area (TPSA) is 91.2 Å². The minimum absolute atomic E-state index is 0.0643. The SMILES string of the molecule is CCNC(=O)COc1ccc(NC(=O)c2ccccc2-c2ccccc2C#N)cc1. The van der Waals surface area contributed by atoms with Crippen molar-refractivity contribution in [3.05, 3.63) is 83.9 Å². The summed E-state index contributed by atoms with van der Waals surface area (Å²) in [4.78, 5) is 24.4. The molecule has 0 aromatic heterocycles. The molecule has 0 saturated heterocycles. The van der Waals surface area contributed by atoms with E-state index in [0.29, 0.717) is 40.2 Å². The van der Waals surface area contributed by atoms with E-state index in [1.807, 2.05) is 31.2 Å². The van der Waals surface area contributed by atoms with Crippen molar-refractivity contribution in [1.82, 2.24) is 5.32 Å². The molecule has 0 spiro atoms. The van der Waals surface area contributed by atoms with Crippen LogP contribution in [-0.2, 0) is 4.79 Å². The van der Waals surface area contributed by atoms with Gasteiger partial charge in [-0.05, 0) is 48.9 Å². The lowest BCUT2D eigenvalue weighted by Gasteiger charge is -2.12. The standard InChI is InChI=1S/C24H21N3O3/c1-2-26-23(28)16-30-19-13-11-18(12-14-19)27-24(29)22-10-6-5-9-21(22)20-8-4-3-7-17(20)15-25/h3-14H,2,16H2,1H3,(H,26,28)(H,27,29). The molecule has 6 heteroatoms. The van der Waals surface area contributed by atoms with Crippen LogP contribution in [0.2, 0.25) is 0 Å². The number of rotatable bonds is 7. The molecule has 0 aliphatic rings. The lowest BCUT2D eigenvalue weighted by Crippen LogP contribution is -2.28. The van der Waals surface area contributed by atoms with E-state index in [1.165, 1.54) is 0 Å². The summed E-state index contributed by atoms with van der Waals surface area (Å²) in [5, 5.41) is 14.9. The second-order valence-electron chi connectivity index (χ2n) is 6.42. The van der Waals surface area contributed by atoms with Crippen LogP contribution in [0.15, 0.2) is 72.8 Å². The highest BCUT2D eigenvalue weighted by atomic mass is 16.5. The van der Waals surface area contributed by atoms with Gasteiger partial charge in [-0.2, -0.15) is 5.26 Å². The van der Waals surface area contributed by atoms with Gasteiger partial charge < -0.3 is 15.4 Å². The lowest BCUT2D eigenvalue weighted by molar-refractivity contribution is -0.122. The van der Waals surface area contributed by atoms with Crippen LogP contribution < -0.4 is 15.4 Å². The zero-order chi connectivity index (χ0) is 21.3. The minimum Gasteiger partial charge on any atom is -0.484 e. The highest BCUT2D eigenvalue weighted by Crippen LogP contribution is 2.27. The molecule has 0 unspecified atom stereocenters. The van der Waals surface area contributed by atoms with Crippen molar-refractivity contribution < 1.29 is 14.3 Å². The van der Waals surface area contributed by atoms with Crippen LogP contribution in [0.25, 0.3) is 11.1 Å². The van der Waals surface area contributed by atoms with Crippen molar-refractivity contribution in [3.63, 3.8) is 0 Å². The van der Waals surface area contributed by atoms with Crippen molar-refractivity contribution in [2.75, 3.05) is 18.5 Å². The Hall–Kier alpha value is -4.11. The fraction of sp³-hybridized carbons (Fsp3) is 0.125. The Kier molecular flexibility index (Phi) is 6.80. The van der Waals surface area contributed by atoms with Gasteiger partial charge in [-0.15, -0.1) is 0 Å². The van der Waals surface area contributed by atoms with Gasteiger partial charge in [0.25, 0.3) is 11.8 Å². The van der Waals surface area contributed by atoms with E-state index in [-0.39, 0.29) is 18.4 Å². The minimum atomic E-state index is -0.283. The van der Waals surface area contributed by atoms with Gasteiger partial charge in [-0.3, -0.25) is 9.59 Å². The maximum Gasteiger partial charge on any atom is 0.257 e. The summed E-state index contributed by atoms with van der Waals surface area (Å²) >= 11 is 0. The van der Waals surface area contributed by atoms with Crippen LogP contribution in [0, 0.1) is 11.3 Å². The molecule has 6 nitrogen and oxygen atoms in total. The third-order valence-corrected chi connectivity index (χ3v) is 4.37. The number of nitrogens with one attached hydrogen (secondary N) is 2. The summed E-state index contributed by atoms with van der Waals surface area (Å²) in [5.41, 5.74) is 2.96. The molecule has 2 amide bonds. The first-order chi connectivity index (χ1) is 14.6. The summed E-state index contributed by atoms with van der Waals surface area (Å²) in [6.45, 7) is 2.32. The van der Waals surface area contributed by atoms with Crippen molar-refractivity contribution in [2.45, 2.75) is 6.92 Å². The van der Waals surface area contributed by atoms with Crippen LogP contribution in [0.1, 0.15) is 22.8 Å². The van der Waals surface area contributed by atoms with Crippen molar-refractivity contribution in [3.8, 4) is 22.9 Å². The summed E-state index contributed by atoms with van der Waals surface area (Å²) < 4.78 is 5.41. The molecule has 0 aliphatic carbocycles. The Morgan fingerprint density at radius 3 is 2.30 bits per heavy atom. The maximum absolute atomic E-state index is 12.9. The van der Waals surface area contributed by atoms with Gasteiger partial charge in [0, 0.05) is 23.4 Å². The molecule has 0 fully saturated rings. The van der Waals surface area contributed by atoms with Crippen LogP contribution in [0.4, 0.5) is 5.69 Å². The number of benzene rings is 3. The number of nitriles is 1. The molecule has 3 aromatic rings. The number of hydrogen-bond acceptors (Lipinski definition) is 4. The van der Waals surface area contributed by atoms with E-state index in [1.54, 1.807) is 48.5 Å². The Bertz CT molecular complexity index is 1090. The number of carbonyl (C=O) groups is 2. The van der Waals surface area contributed by atoms with Crippen LogP contribution in [0.3, 0.4) is 0 Å². The number of carbonyl (C=O) groups excluding carboxylic acids is 2. The molecule has 2 N–H and O–H groups in total. The van der Waals surface area contributed by atoms with E-state index >= 15 is 0 Å². The second-order valence-corrected chi connectivity index (χ2v) is 6.42. The number of hydrogen-bond donors (Lipinski definition) is 2. The predicted octanol–water partition coefficient (Wildman–Crippen LogP) is 3.99. The summed E-state index contributed by atoms with van der Waals surface area (Å²) in [7, 11) is 0. The van der Waals surface area contributed by atoms with Gasteiger partial charge in [-0.25, -0.2) is 0 Å². The summed E-state index contributed by atoms with van der Waals surface area (Å²) in [6.07, 6.45) is 0. The average molecular weight is 399 g/mol. The van der Waals surface area contributed by atoms with Gasteiger partial charge >= 0.3 is 0 Å². The molecule has 0 atom stereocenters. The Balaban J connectivity index is 1.74. The van der Waals surface area contributed by atoms with Crippen LogP contribution in [0.5, 0.6) is 5.75 Å². The van der Waals surface area contributed by atoms with Gasteiger partial charge in [0.2, 0.25) is 0 Å². The number of nitrogens with zero attached hydrogens (tertiary/aromatic N) is 1. The van der Waals surface area contributed by atoms with E-state index in [4.69, 9.17) is 4.74 Å². The third-order valence-electron chi connectivity index (χ3n) is 4.37. The fourth-order valence-electron chi connectivity index (χ4n) is 2.96. The molecule has 150 valence electrons. The first-order valence-corrected chi connectivity index (χ1v) is 9.51. The molecule has 3 rings (SSSR count). The molecule has 0 radical (unpaired) electrons. The van der Waals surface area contributed by atoms with E-state index in [2.05, 4.69) is 16.7 Å². The molecule has 0 bridgehead atoms. The Morgan fingerprint density at radius 1 is 0.933 bits per heavy atom. The number of ether oxygens (including phenoxy) is 1. The molecular weight excluding hydrogens is 378 g/mol. The third kappa shape index (κ3) is 5.03. The molecule has 0 aliphatic heterocycles. The molecule has 0 saturated carbocycles. The Labute approximate surface area is 175 Å². The number of likely N-dealkylation sites (N-methyl/N-ethyl adjacent to an activating group) is 1. The Morgan fingerprint density at radius 2 is 1.60 bits per heavy atom. The van der Waals surface area contributed by atoms with Crippen molar-refractivity contribution in [2.24, 2.45) is 0 Å². The normalized spacial score (nSPS) is 10.0. The second kappa shape index (κ2) is 9.89. The first-order valence-electron chi connectivity index (χ1n) is 9.51. The molecular formula is C24H21N3O3. The van der Waals surface area contributed by atoms with Crippen LogP contribution in [-0.4, -0.2) is 25.0 Å². The number of amides is 2. The first kappa shape index (κ1) is 20.6. The zero-order valence-corrected chi connectivity index (χ0v) is 16.5. The maximum atomic E-state index is 12.9. The van der Waals surface area contributed by atoms with Gasteiger partial charge in [0.15, 0.2) is 6.61 Å².